The molecule has 6 nitrogen and oxygen atoms in total. The molecule has 2 aromatic rings. The summed E-state index contributed by atoms with van der Waals surface area (Å²) in [5, 5.41) is 0. The van der Waals surface area contributed by atoms with Gasteiger partial charge in [0.05, 0.1) is 31.9 Å². The summed E-state index contributed by atoms with van der Waals surface area (Å²) in [7, 11) is 1.61. The fourth-order valence-corrected chi connectivity index (χ4v) is 5.34. The average Bonchev–Trinajstić information content (AvgIpc) is 2.78. The van der Waals surface area contributed by atoms with E-state index in [2.05, 4.69) is 9.80 Å². The van der Waals surface area contributed by atoms with Crippen molar-refractivity contribution in [3.63, 3.8) is 0 Å². The van der Waals surface area contributed by atoms with Gasteiger partial charge in [0.2, 0.25) is 0 Å². The molecule has 3 aliphatic heterocycles. The Morgan fingerprint density at radius 3 is 2.84 bits per heavy atom. The third-order valence-corrected chi connectivity index (χ3v) is 6.74. The summed E-state index contributed by atoms with van der Waals surface area (Å²) in [6, 6.07) is 14.5. The number of fused-ring (bicyclic) bond motifs is 2. The minimum atomic E-state index is -0.161. The lowest BCUT2D eigenvalue weighted by atomic mass is 9.82. The van der Waals surface area contributed by atoms with Crippen LogP contribution in [0.1, 0.15) is 15.9 Å². The minimum Gasteiger partial charge on any atom is -0.497 e. The number of carbonyl (C=O) groups is 1. The maximum absolute atomic E-state index is 14.1. The number of halogens is 1. The van der Waals surface area contributed by atoms with E-state index in [9.17, 15) is 9.18 Å². The molecule has 1 spiro atoms. The van der Waals surface area contributed by atoms with Crippen molar-refractivity contribution in [3.05, 3.63) is 65.5 Å². The molecule has 164 valence electrons. The van der Waals surface area contributed by atoms with Gasteiger partial charge in [-0.3, -0.25) is 14.6 Å². The van der Waals surface area contributed by atoms with Crippen molar-refractivity contribution >= 4 is 5.91 Å². The highest BCUT2D eigenvalue weighted by atomic mass is 19.1. The summed E-state index contributed by atoms with van der Waals surface area (Å²) >= 11 is 0. The van der Waals surface area contributed by atoms with E-state index in [0.717, 1.165) is 31.8 Å². The molecule has 3 aliphatic rings. The number of benzene rings is 2. The highest BCUT2D eigenvalue weighted by molar-refractivity contribution is 5.94. The zero-order valence-corrected chi connectivity index (χ0v) is 17.8. The topological polar surface area (TPSA) is 45.2 Å². The van der Waals surface area contributed by atoms with Gasteiger partial charge in [-0.1, -0.05) is 24.3 Å². The molecule has 31 heavy (non-hydrogen) atoms. The van der Waals surface area contributed by atoms with Gasteiger partial charge < -0.3 is 14.4 Å². The van der Waals surface area contributed by atoms with Crippen LogP contribution < -0.4 is 4.74 Å². The number of amides is 1. The molecule has 2 aromatic carbocycles. The molecule has 3 fully saturated rings. The Morgan fingerprint density at radius 2 is 2.03 bits per heavy atom. The van der Waals surface area contributed by atoms with Crippen LogP contribution >= 0.6 is 0 Å². The maximum Gasteiger partial charge on any atom is 0.254 e. The third-order valence-electron chi connectivity index (χ3n) is 6.74. The molecule has 0 radical (unpaired) electrons. The molecule has 1 unspecified atom stereocenters. The Balaban J connectivity index is 1.34. The number of nitrogens with zero attached hydrogens (tertiary/aromatic N) is 3. The zero-order chi connectivity index (χ0) is 21.4. The second-order valence-corrected chi connectivity index (χ2v) is 8.80. The van der Waals surface area contributed by atoms with Crippen LogP contribution in [0, 0.1) is 5.82 Å². The van der Waals surface area contributed by atoms with E-state index in [0.29, 0.717) is 37.6 Å². The van der Waals surface area contributed by atoms with Gasteiger partial charge in [0.15, 0.2) is 0 Å². The minimum absolute atomic E-state index is 0.0241. The van der Waals surface area contributed by atoms with Gasteiger partial charge in [-0.2, -0.15) is 0 Å². The number of hydrogen-bond acceptors (Lipinski definition) is 5. The summed E-state index contributed by atoms with van der Waals surface area (Å²) in [5.74, 6) is 0.544. The largest absolute Gasteiger partial charge is 0.497 e. The van der Waals surface area contributed by atoms with E-state index in [4.69, 9.17) is 9.47 Å². The van der Waals surface area contributed by atoms with E-state index in [1.165, 1.54) is 6.07 Å². The van der Waals surface area contributed by atoms with Crippen molar-refractivity contribution in [3.8, 4) is 5.75 Å². The fourth-order valence-electron chi connectivity index (χ4n) is 5.34. The van der Waals surface area contributed by atoms with Gasteiger partial charge in [-0.05, 0) is 24.3 Å². The van der Waals surface area contributed by atoms with E-state index in [1.807, 2.05) is 35.2 Å². The van der Waals surface area contributed by atoms with Gasteiger partial charge in [0.25, 0.3) is 5.91 Å². The highest BCUT2D eigenvalue weighted by Gasteiger charge is 2.54. The van der Waals surface area contributed by atoms with Crippen LogP contribution in [0.4, 0.5) is 4.39 Å². The number of morpholine rings is 1. The van der Waals surface area contributed by atoms with Crippen molar-refractivity contribution in [2.75, 3.05) is 53.0 Å². The smallest absolute Gasteiger partial charge is 0.254 e. The number of rotatable bonds is 4. The van der Waals surface area contributed by atoms with E-state index in [-0.39, 0.29) is 23.3 Å². The summed E-state index contributed by atoms with van der Waals surface area (Å²) in [6.45, 7) is 5.79. The molecule has 7 heteroatoms. The van der Waals surface area contributed by atoms with Crippen molar-refractivity contribution < 1.29 is 18.7 Å². The molecule has 5 rings (SSSR count). The Labute approximate surface area is 182 Å². The summed E-state index contributed by atoms with van der Waals surface area (Å²) in [5.41, 5.74) is 1.25. The average molecular weight is 426 g/mol. The standard InChI is InChI=1S/C24H28FN3O3/c1-30-21-7-4-6-18(11-21)23(29)27-13-20-14-31-10-9-28(20)24(17-27)15-26(16-24)12-19-5-2-3-8-22(19)25/h2-8,11,20H,9-10,12-17H2,1H3. The monoisotopic (exact) mass is 425 g/mol. The SMILES string of the molecule is COc1cccc(C(=O)N2CC3COCCN3C3(CN(Cc4ccccc4F)C3)C2)c1. The van der Waals surface area contributed by atoms with E-state index in [1.54, 1.807) is 19.2 Å². The Kier molecular flexibility index (Phi) is 5.42. The first-order chi connectivity index (χ1) is 15.1. The number of carbonyl (C=O) groups excluding carboxylic acids is 1. The first-order valence-electron chi connectivity index (χ1n) is 10.8. The van der Waals surface area contributed by atoms with Crippen LogP contribution in [-0.4, -0.2) is 85.2 Å². The summed E-state index contributed by atoms with van der Waals surface area (Å²) in [6.07, 6.45) is 0. The lowest BCUT2D eigenvalue weighted by Gasteiger charge is -2.63. The lowest BCUT2D eigenvalue weighted by Crippen LogP contribution is -2.80. The van der Waals surface area contributed by atoms with Gasteiger partial charge in [-0.15, -0.1) is 0 Å². The van der Waals surface area contributed by atoms with Crippen molar-refractivity contribution in [1.29, 1.82) is 0 Å². The van der Waals surface area contributed by atoms with Gasteiger partial charge in [0, 0.05) is 50.4 Å². The quantitative estimate of drug-likeness (QED) is 0.752. The van der Waals surface area contributed by atoms with Crippen molar-refractivity contribution in [2.45, 2.75) is 18.1 Å². The maximum atomic E-state index is 14.1. The van der Waals surface area contributed by atoms with Gasteiger partial charge in [0.1, 0.15) is 11.6 Å². The van der Waals surface area contributed by atoms with Crippen LogP contribution in [0.5, 0.6) is 5.75 Å². The zero-order valence-electron chi connectivity index (χ0n) is 17.8. The first kappa shape index (κ1) is 20.4. The number of methoxy groups -OCH3 is 1. The molecule has 0 aliphatic carbocycles. The Bertz CT molecular complexity index is 963. The highest BCUT2D eigenvalue weighted by Crippen LogP contribution is 2.37. The van der Waals surface area contributed by atoms with E-state index >= 15 is 0 Å². The normalized spacial score (nSPS) is 23.3. The summed E-state index contributed by atoms with van der Waals surface area (Å²) < 4.78 is 25.2. The summed E-state index contributed by atoms with van der Waals surface area (Å²) in [4.78, 5) is 20.1. The van der Waals surface area contributed by atoms with Crippen molar-refractivity contribution in [1.82, 2.24) is 14.7 Å². The Morgan fingerprint density at radius 1 is 1.19 bits per heavy atom. The lowest BCUT2D eigenvalue weighted by molar-refractivity contribution is -0.160. The molecule has 0 bridgehead atoms. The molecule has 0 saturated carbocycles. The van der Waals surface area contributed by atoms with Crippen molar-refractivity contribution in [2.24, 2.45) is 0 Å². The number of hydrogen-bond donors (Lipinski definition) is 0. The number of likely N-dealkylation sites (tertiary alicyclic amines) is 1. The Hall–Kier alpha value is -2.48. The predicted octanol–water partition coefficient (Wildman–Crippen LogP) is 2.25. The van der Waals surface area contributed by atoms with Crippen LogP contribution in [0.15, 0.2) is 48.5 Å². The van der Waals surface area contributed by atoms with E-state index < -0.39 is 0 Å². The van der Waals surface area contributed by atoms with Gasteiger partial charge in [-0.25, -0.2) is 4.39 Å². The van der Waals surface area contributed by atoms with Crippen LogP contribution in [0.2, 0.25) is 0 Å². The molecule has 3 heterocycles. The molecule has 0 N–H and O–H groups in total. The molecule has 3 saturated heterocycles. The molecule has 1 amide bonds. The van der Waals surface area contributed by atoms with Crippen LogP contribution in [-0.2, 0) is 11.3 Å². The molecular formula is C24H28FN3O3. The van der Waals surface area contributed by atoms with Gasteiger partial charge >= 0.3 is 0 Å². The molecule has 0 aromatic heterocycles. The van der Waals surface area contributed by atoms with Crippen LogP contribution in [0.25, 0.3) is 0 Å². The molecular weight excluding hydrogens is 397 g/mol. The third kappa shape index (κ3) is 3.82. The number of piperazine rings is 1. The molecule has 1 atom stereocenters. The second-order valence-electron chi connectivity index (χ2n) is 8.80. The van der Waals surface area contributed by atoms with Crippen LogP contribution in [0.3, 0.4) is 0 Å². The first-order valence-corrected chi connectivity index (χ1v) is 10.8. The predicted molar refractivity (Wildman–Crippen MR) is 115 cm³/mol. The fraction of sp³-hybridized carbons (Fsp3) is 0.458. The number of ether oxygens (including phenoxy) is 2. The second kappa shape index (κ2) is 8.22.